The summed E-state index contributed by atoms with van der Waals surface area (Å²) in [5.41, 5.74) is 0. The summed E-state index contributed by atoms with van der Waals surface area (Å²) < 4.78 is 5.68. The van der Waals surface area contributed by atoms with Gasteiger partial charge in [0.15, 0.2) is 6.61 Å². The fraction of sp³-hybridized carbons (Fsp3) is 0.429. The molecule has 0 aliphatic carbocycles. The molecule has 5 heteroatoms. The zero-order valence-electron chi connectivity index (χ0n) is 15.5. The number of carbonyl (C=O) groups excluding carboxylic acids is 2. The van der Waals surface area contributed by atoms with Crippen molar-refractivity contribution in [2.24, 2.45) is 5.92 Å². The molecular formula is C21H26N2O3. The van der Waals surface area contributed by atoms with Gasteiger partial charge in [0.1, 0.15) is 5.75 Å². The Morgan fingerprint density at radius 1 is 0.923 bits per heavy atom. The predicted octanol–water partition coefficient (Wildman–Crippen LogP) is 2.94. The lowest BCUT2D eigenvalue weighted by Crippen LogP contribution is -2.51. The molecule has 1 aliphatic rings. The molecule has 0 saturated carbocycles. The molecule has 0 radical (unpaired) electrons. The van der Waals surface area contributed by atoms with Crippen LogP contribution in [0.4, 0.5) is 0 Å². The summed E-state index contributed by atoms with van der Waals surface area (Å²) in [4.78, 5) is 28.1. The summed E-state index contributed by atoms with van der Waals surface area (Å²) in [6.07, 6.45) is 0.568. The van der Waals surface area contributed by atoms with Crippen LogP contribution in [0.2, 0.25) is 0 Å². The molecule has 0 N–H and O–H groups in total. The van der Waals surface area contributed by atoms with E-state index in [9.17, 15) is 9.59 Å². The molecule has 2 aromatic carbocycles. The lowest BCUT2D eigenvalue weighted by atomic mass is 10.1. The number of piperazine rings is 1. The molecule has 0 unspecified atom stereocenters. The Kier molecular flexibility index (Phi) is 5.76. The zero-order valence-corrected chi connectivity index (χ0v) is 15.5. The monoisotopic (exact) mass is 354 g/mol. The van der Waals surface area contributed by atoms with Crippen molar-refractivity contribution in [1.29, 1.82) is 0 Å². The van der Waals surface area contributed by atoms with Crippen LogP contribution in [0.1, 0.15) is 20.3 Å². The fourth-order valence-electron chi connectivity index (χ4n) is 3.18. The molecular weight excluding hydrogens is 328 g/mol. The average Bonchev–Trinajstić information content (AvgIpc) is 2.65. The van der Waals surface area contributed by atoms with Crippen LogP contribution in [-0.2, 0) is 9.59 Å². The number of benzene rings is 2. The molecule has 2 amide bonds. The first-order chi connectivity index (χ1) is 12.5. The second kappa shape index (κ2) is 8.21. The van der Waals surface area contributed by atoms with Gasteiger partial charge in [0.05, 0.1) is 0 Å². The summed E-state index contributed by atoms with van der Waals surface area (Å²) in [6.45, 7) is 6.47. The van der Waals surface area contributed by atoms with Crippen molar-refractivity contribution in [2.75, 3.05) is 32.8 Å². The van der Waals surface area contributed by atoms with Gasteiger partial charge in [-0.25, -0.2) is 0 Å². The van der Waals surface area contributed by atoms with Crippen LogP contribution in [0, 0.1) is 5.92 Å². The number of ether oxygens (including phenoxy) is 1. The molecule has 0 aromatic heterocycles. The Balaban J connectivity index is 1.49. The SMILES string of the molecule is CC(C)CC(=O)N1CCN(C(=O)COc2ccc3ccccc3c2)CC1. The van der Waals surface area contributed by atoms with Crippen LogP contribution in [0.25, 0.3) is 10.8 Å². The molecule has 138 valence electrons. The normalized spacial score (nSPS) is 14.7. The van der Waals surface area contributed by atoms with E-state index in [0.717, 1.165) is 10.8 Å². The van der Waals surface area contributed by atoms with Crippen molar-refractivity contribution in [3.63, 3.8) is 0 Å². The second-order valence-electron chi connectivity index (χ2n) is 7.16. The molecule has 0 atom stereocenters. The van der Waals surface area contributed by atoms with Gasteiger partial charge in [0.2, 0.25) is 5.91 Å². The van der Waals surface area contributed by atoms with E-state index in [1.807, 2.05) is 61.2 Å². The van der Waals surface area contributed by atoms with Gasteiger partial charge in [-0.3, -0.25) is 9.59 Å². The van der Waals surface area contributed by atoms with Crippen LogP contribution < -0.4 is 4.74 Å². The van der Waals surface area contributed by atoms with Crippen molar-refractivity contribution in [3.8, 4) is 5.75 Å². The highest BCUT2D eigenvalue weighted by Crippen LogP contribution is 2.20. The number of nitrogens with zero attached hydrogens (tertiary/aromatic N) is 2. The smallest absolute Gasteiger partial charge is 0.260 e. The first-order valence-electron chi connectivity index (χ1n) is 9.20. The minimum Gasteiger partial charge on any atom is -0.484 e. The lowest BCUT2D eigenvalue weighted by molar-refractivity contribution is -0.141. The van der Waals surface area contributed by atoms with Gasteiger partial charge in [0.25, 0.3) is 5.91 Å². The van der Waals surface area contributed by atoms with Gasteiger partial charge in [-0.15, -0.1) is 0 Å². The van der Waals surface area contributed by atoms with Crippen LogP contribution in [-0.4, -0.2) is 54.4 Å². The molecule has 1 fully saturated rings. The highest BCUT2D eigenvalue weighted by atomic mass is 16.5. The van der Waals surface area contributed by atoms with Gasteiger partial charge in [-0.1, -0.05) is 44.2 Å². The summed E-state index contributed by atoms with van der Waals surface area (Å²) in [5.74, 6) is 1.20. The Labute approximate surface area is 154 Å². The molecule has 26 heavy (non-hydrogen) atoms. The van der Waals surface area contributed by atoms with Gasteiger partial charge >= 0.3 is 0 Å². The third-order valence-corrected chi connectivity index (χ3v) is 4.65. The quantitative estimate of drug-likeness (QED) is 0.829. The molecule has 3 rings (SSSR count). The minimum atomic E-state index is -0.0332. The Hall–Kier alpha value is -2.56. The third kappa shape index (κ3) is 4.54. The van der Waals surface area contributed by atoms with Crippen molar-refractivity contribution in [3.05, 3.63) is 42.5 Å². The summed E-state index contributed by atoms with van der Waals surface area (Å²) in [5, 5.41) is 2.24. The van der Waals surface area contributed by atoms with E-state index in [0.29, 0.717) is 44.3 Å². The maximum Gasteiger partial charge on any atom is 0.260 e. The first kappa shape index (κ1) is 18.2. The fourth-order valence-corrected chi connectivity index (χ4v) is 3.18. The van der Waals surface area contributed by atoms with Crippen LogP contribution in [0.15, 0.2) is 42.5 Å². The molecule has 0 bridgehead atoms. The van der Waals surface area contributed by atoms with Crippen molar-refractivity contribution < 1.29 is 14.3 Å². The molecule has 1 saturated heterocycles. The summed E-state index contributed by atoms with van der Waals surface area (Å²) >= 11 is 0. The Morgan fingerprint density at radius 3 is 2.19 bits per heavy atom. The number of amides is 2. The predicted molar refractivity (Wildman–Crippen MR) is 102 cm³/mol. The molecule has 1 aliphatic heterocycles. The minimum absolute atomic E-state index is 0.0261. The van der Waals surface area contributed by atoms with Crippen molar-refractivity contribution in [1.82, 2.24) is 9.80 Å². The van der Waals surface area contributed by atoms with Crippen molar-refractivity contribution >= 4 is 22.6 Å². The Bertz CT molecular complexity index is 780. The van der Waals surface area contributed by atoms with E-state index in [2.05, 4.69) is 0 Å². The van der Waals surface area contributed by atoms with Crippen LogP contribution in [0.5, 0.6) is 5.75 Å². The number of hydrogen-bond donors (Lipinski definition) is 0. The zero-order chi connectivity index (χ0) is 18.5. The molecule has 1 heterocycles. The Morgan fingerprint density at radius 2 is 1.54 bits per heavy atom. The first-order valence-corrected chi connectivity index (χ1v) is 9.20. The van der Waals surface area contributed by atoms with Gasteiger partial charge in [-0.2, -0.15) is 0 Å². The third-order valence-electron chi connectivity index (χ3n) is 4.65. The number of hydrogen-bond acceptors (Lipinski definition) is 3. The second-order valence-corrected chi connectivity index (χ2v) is 7.16. The topological polar surface area (TPSA) is 49.9 Å². The maximum atomic E-state index is 12.4. The highest BCUT2D eigenvalue weighted by molar-refractivity contribution is 5.84. The van der Waals surface area contributed by atoms with Crippen LogP contribution >= 0.6 is 0 Å². The summed E-state index contributed by atoms with van der Waals surface area (Å²) in [7, 11) is 0. The largest absolute Gasteiger partial charge is 0.484 e. The number of carbonyl (C=O) groups is 2. The van der Waals surface area contributed by atoms with E-state index in [4.69, 9.17) is 4.74 Å². The highest BCUT2D eigenvalue weighted by Gasteiger charge is 2.24. The van der Waals surface area contributed by atoms with E-state index in [1.54, 1.807) is 4.90 Å². The lowest BCUT2D eigenvalue weighted by Gasteiger charge is -2.35. The summed E-state index contributed by atoms with van der Waals surface area (Å²) in [6, 6.07) is 13.9. The van der Waals surface area contributed by atoms with Gasteiger partial charge in [-0.05, 0) is 28.8 Å². The van der Waals surface area contributed by atoms with E-state index >= 15 is 0 Å². The molecule has 2 aromatic rings. The number of rotatable bonds is 5. The van der Waals surface area contributed by atoms with Gasteiger partial charge < -0.3 is 14.5 Å². The van der Waals surface area contributed by atoms with Gasteiger partial charge in [0, 0.05) is 32.6 Å². The molecule has 5 nitrogen and oxygen atoms in total. The number of fused-ring (bicyclic) bond motifs is 1. The van der Waals surface area contributed by atoms with Crippen molar-refractivity contribution in [2.45, 2.75) is 20.3 Å². The van der Waals surface area contributed by atoms with E-state index in [-0.39, 0.29) is 18.4 Å². The van der Waals surface area contributed by atoms with E-state index < -0.39 is 0 Å². The average molecular weight is 354 g/mol. The maximum absolute atomic E-state index is 12.4. The standard InChI is InChI=1S/C21H26N2O3/c1-16(2)13-20(24)22-9-11-23(12-10-22)21(25)15-26-19-8-7-17-5-3-4-6-18(17)14-19/h3-8,14,16H,9-13,15H2,1-2H3. The molecule has 0 spiro atoms. The van der Waals surface area contributed by atoms with E-state index in [1.165, 1.54) is 0 Å². The van der Waals surface area contributed by atoms with Crippen LogP contribution in [0.3, 0.4) is 0 Å².